The average molecular weight is 478 g/mol. The van der Waals surface area contributed by atoms with Crippen LogP contribution in [0.5, 0.6) is 0 Å². The van der Waals surface area contributed by atoms with Crippen molar-refractivity contribution in [2.75, 3.05) is 26.3 Å². The van der Waals surface area contributed by atoms with E-state index in [-0.39, 0.29) is 16.7 Å². The summed E-state index contributed by atoms with van der Waals surface area (Å²) < 4.78 is 6.99. The molecule has 0 N–H and O–H groups in total. The molecule has 4 aromatic rings. The van der Waals surface area contributed by atoms with E-state index in [0.717, 1.165) is 16.1 Å². The van der Waals surface area contributed by atoms with Crippen molar-refractivity contribution in [3.8, 4) is 16.1 Å². The van der Waals surface area contributed by atoms with E-state index in [0.29, 0.717) is 41.7 Å². The van der Waals surface area contributed by atoms with Gasteiger partial charge in [0, 0.05) is 18.0 Å². The number of morpholine rings is 1. The fourth-order valence-electron chi connectivity index (χ4n) is 3.84. The monoisotopic (exact) mass is 477 g/mol. The number of fused-ring (bicyclic) bond motifs is 1. The Labute approximate surface area is 199 Å². The first-order valence-corrected chi connectivity index (χ1v) is 12.5. The molecule has 2 aromatic carbocycles. The zero-order valence-electron chi connectivity index (χ0n) is 18.1. The van der Waals surface area contributed by atoms with E-state index in [4.69, 9.17) is 9.72 Å². The number of ether oxygens (including phenoxy) is 1. The van der Waals surface area contributed by atoms with E-state index in [1.54, 1.807) is 4.57 Å². The molecule has 0 radical (unpaired) electrons. The minimum atomic E-state index is -0.379. The van der Waals surface area contributed by atoms with Crippen LogP contribution in [0.1, 0.15) is 6.92 Å². The van der Waals surface area contributed by atoms with Gasteiger partial charge in [0.25, 0.3) is 5.56 Å². The first-order chi connectivity index (χ1) is 16.1. The van der Waals surface area contributed by atoms with Gasteiger partial charge in [0.1, 0.15) is 4.83 Å². The van der Waals surface area contributed by atoms with Crippen LogP contribution in [-0.4, -0.2) is 51.9 Å². The highest BCUT2D eigenvalue weighted by molar-refractivity contribution is 8.00. The lowest BCUT2D eigenvalue weighted by Crippen LogP contribution is -2.44. The number of benzene rings is 2. The molecule has 1 aliphatic rings. The number of carbonyl (C=O) groups is 1. The number of rotatable bonds is 5. The molecular formula is C25H23N3O3S2. The number of carbonyl (C=O) groups excluding carboxylic acids is 1. The molecule has 1 fully saturated rings. The maximum absolute atomic E-state index is 13.7. The largest absolute Gasteiger partial charge is 0.378 e. The molecule has 1 aliphatic heterocycles. The highest BCUT2D eigenvalue weighted by Gasteiger charge is 2.26. The van der Waals surface area contributed by atoms with Crippen molar-refractivity contribution in [1.82, 2.24) is 14.5 Å². The Kier molecular flexibility index (Phi) is 6.30. The summed E-state index contributed by atoms with van der Waals surface area (Å²) in [6, 6.07) is 21.4. The fraction of sp³-hybridized carbons (Fsp3) is 0.240. The Morgan fingerprint density at radius 3 is 2.42 bits per heavy atom. The zero-order valence-corrected chi connectivity index (χ0v) is 19.8. The van der Waals surface area contributed by atoms with Gasteiger partial charge in [-0.2, -0.15) is 0 Å². The first kappa shape index (κ1) is 21.9. The van der Waals surface area contributed by atoms with Gasteiger partial charge < -0.3 is 9.64 Å². The predicted molar refractivity (Wildman–Crippen MR) is 133 cm³/mol. The number of nitrogens with zero attached hydrogens (tertiary/aromatic N) is 3. The lowest BCUT2D eigenvalue weighted by Gasteiger charge is -2.29. The highest BCUT2D eigenvalue weighted by Crippen LogP contribution is 2.33. The fourth-order valence-corrected chi connectivity index (χ4v) is 5.93. The minimum Gasteiger partial charge on any atom is -0.378 e. The molecule has 1 saturated heterocycles. The van der Waals surface area contributed by atoms with Crippen LogP contribution in [0.3, 0.4) is 0 Å². The third kappa shape index (κ3) is 4.46. The number of amides is 1. The van der Waals surface area contributed by atoms with Gasteiger partial charge in [0.2, 0.25) is 5.91 Å². The molecule has 1 unspecified atom stereocenters. The molecule has 168 valence electrons. The molecule has 2 aromatic heterocycles. The van der Waals surface area contributed by atoms with Crippen LogP contribution in [0.4, 0.5) is 0 Å². The molecule has 6 nitrogen and oxygen atoms in total. The Morgan fingerprint density at radius 2 is 1.73 bits per heavy atom. The Hall–Kier alpha value is -2.94. The lowest BCUT2D eigenvalue weighted by molar-refractivity contribution is -0.134. The van der Waals surface area contributed by atoms with Gasteiger partial charge in [0.05, 0.1) is 29.5 Å². The molecule has 0 bridgehead atoms. The van der Waals surface area contributed by atoms with Crippen LogP contribution in [-0.2, 0) is 9.53 Å². The number of thioether (sulfide) groups is 1. The molecule has 0 saturated carbocycles. The third-order valence-corrected chi connectivity index (χ3v) is 7.68. The third-order valence-electron chi connectivity index (χ3n) is 5.56. The molecule has 33 heavy (non-hydrogen) atoms. The van der Waals surface area contributed by atoms with Gasteiger partial charge in [-0.05, 0) is 30.7 Å². The van der Waals surface area contributed by atoms with Crippen molar-refractivity contribution < 1.29 is 9.53 Å². The topological polar surface area (TPSA) is 64.4 Å². The zero-order chi connectivity index (χ0) is 22.8. The van der Waals surface area contributed by atoms with E-state index in [1.807, 2.05) is 78.6 Å². The molecule has 0 spiro atoms. The second-order valence-corrected chi connectivity index (χ2v) is 10.1. The van der Waals surface area contributed by atoms with Gasteiger partial charge in [-0.3, -0.25) is 14.2 Å². The SMILES string of the molecule is CC(Sc1nc2sc(-c3ccccc3)cc2c(=O)n1-c1ccccc1)C(=O)N1CCOCC1. The van der Waals surface area contributed by atoms with Crippen LogP contribution in [0.25, 0.3) is 26.3 Å². The maximum atomic E-state index is 13.7. The quantitative estimate of drug-likeness (QED) is 0.314. The second kappa shape index (κ2) is 9.51. The number of hydrogen-bond donors (Lipinski definition) is 0. The Morgan fingerprint density at radius 1 is 1.06 bits per heavy atom. The van der Waals surface area contributed by atoms with Gasteiger partial charge in [-0.15, -0.1) is 11.3 Å². The maximum Gasteiger partial charge on any atom is 0.267 e. The van der Waals surface area contributed by atoms with Gasteiger partial charge in [-0.1, -0.05) is 60.3 Å². The van der Waals surface area contributed by atoms with E-state index in [9.17, 15) is 9.59 Å². The summed E-state index contributed by atoms with van der Waals surface area (Å²) in [5, 5.41) is 0.726. The summed E-state index contributed by atoms with van der Waals surface area (Å²) in [6.45, 7) is 4.16. The Balaban J connectivity index is 1.58. The summed E-state index contributed by atoms with van der Waals surface area (Å²) in [5.41, 5.74) is 1.66. The molecule has 8 heteroatoms. The molecule has 5 rings (SSSR count). The summed E-state index contributed by atoms with van der Waals surface area (Å²) in [5.74, 6) is 0.0356. The van der Waals surface area contributed by atoms with E-state index < -0.39 is 0 Å². The van der Waals surface area contributed by atoms with Crippen molar-refractivity contribution in [1.29, 1.82) is 0 Å². The molecule has 1 amide bonds. The molecule has 0 aliphatic carbocycles. The highest BCUT2D eigenvalue weighted by atomic mass is 32.2. The van der Waals surface area contributed by atoms with E-state index in [2.05, 4.69) is 0 Å². The van der Waals surface area contributed by atoms with E-state index in [1.165, 1.54) is 23.1 Å². The summed E-state index contributed by atoms with van der Waals surface area (Å²) in [6.07, 6.45) is 0. The summed E-state index contributed by atoms with van der Waals surface area (Å²) in [7, 11) is 0. The second-order valence-electron chi connectivity index (χ2n) is 7.76. The standard InChI is InChI=1S/C25H23N3O3S2/c1-17(23(29)27-12-14-31-15-13-27)32-25-26-22-20(16-21(33-22)18-8-4-2-5-9-18)24(30)28(25)19-10-6-3-7-11-19/h2-11,16-17H,12-15H2,1H3. The van der Waals surface area contributed by atoms with Gasteiger partial charge in [-0.25, -0.2) is 4.98 Å². The smallest absolute Gasteiger partial charge is 0.267 e. The summed E-state index contributed by atoms with van der Waals surface area (Å²) in [4.78, 5) is 35.0. The normalized spacial score (nSPS) is 15.0. The van der Waals surface area contributed by atoms with Gasteiger partial charge in [0.15, 0.2) is 5.16 Å². The lowest BCUT2D eigenvalue weighted by atomic mass is 10.2. The minimum absolute atomic E-state index is 0.0356. The van der Waals surface area contributed by atoms with Crippen LogP contribution >= 0.6 is 23.1 Å². The first-order valence-electron chi connectivity index (χ1n) is 10.8. The van der Waals surface area contributed by atoms with Crippen LogP contribution in [0.2, 0.25) is 0 Å². The number of para-hydroxylation sites is 1. The molecular weight excluding hydrogens is 454 g/mol. The van der Waals surface area contributed by atoms with Crippen molar-refractivity contribution in [3.63, 3.8) is 0 Å². The van der Waals surface area contributed by atoms with Crippen molar-refractivity contribution in [2.24, 2.45) is 0 Å². The van der Waals surface area contributed by atoms with Crippen molar-refractivity contribution in [2.45, 2.75) is 17.3 Å². The van der Waals surface area contributed by atoms with Crippen molar-refractivity contribution in [3.05, 3.63) is 77.1 Å². The number of hydrogen-bond acceptors (Lipinski definition) is 6. The Bertz CT molecular complexity index is 1330. The van der Waals surface area contributed by atoms with Crippen LogP contribution < -0.4 is 5.56 Å². The summed E-state index contributed by atoms with van der Waals surface area (Å²) >= 11 is 2.82. The van der Waals surface area contributed by atoms with Crippen LogP contribution in [0, 0.1) is 0 Å². The van der Waals surface area contributed by atoms with E-state index >= 15 is 0 Å². The van der Waals surface area contributed by atoms with Crippen molar-refractivity contribution >= 4 is 39.2 Å². The number of thiophene rings is 1. The molecule has 3 heterocycles. The van der Waals surface area contributed by atoms with Crippen LogP contribution in [0.15, 0.2) is 76.7 Å². The number of aromatic nitrogens is 2. The molecule has 1 atom stereocenters. The predicted octanol–water partition coefficient (Wildman–Crippen LogP) is 4.45. The van der Waals surface area contributed by atoms with Gasteiger partial charge >= 0.3 is 0 Å². The average Bonchev–Trinajstić information content (AvgIpc) is 3.30.